The van der Waals surface area contributed by atoms with Crippen molar-refractivity contribution < 1.29 is 4.79 Å². The predicted octanol–water partition coefficient (Wildman–Crippen LogP) is 3.15. The molecule has 0 saturated carbocycles. The first-order valence-corrected chi connectivity index (χ1v) is 6.11. The number of nitrogens with zero attached hydrogens (tertiary/aromatic N) is 2. The Morgan fingerprint density at radius 2 is 2.16 bits per heavy atom. The molecule has 6 heteroatoms. The molecule has 1 N–H and O–H groups in total. The Morgan fingerprint density at radius 3 is 2.89 bits per heavy atom. The van der Waals surface area contributed by atoms with Crippen LogP contribution >= 0.6 is 23.2 Å². The Kier molecular flexibility index (Phi) is 4.49. The summed E-state index contributed by atoms with van der Waals surface area (Å²) in [4.78, 5) is 15.7. The largest absolute Gasteiger partial charge is 0.272 e. The van der Waals surface area contributed by atoms with Crippen molar-refractivity contribution in [2.24, 2.45) is 5.10 Å². The zero-order valence-electron chi connectivity index (χ0n) is 9.68. The lowest BCUT2D eigenvalue weighted by atomic mass is 10.2. The molecule has 1 amide bonds. The molecule has 96 valence electrons. The van der Waals surface area contributed by atoms with E-state index in [1.54, 1.807) is 30.6 Å². The smallest absolute Gasteiger partial charge is 0.267 e. The number of carbonyl (C=O) groups excluding carboxylic acids is 1. The van der Waals surface area contributed by atoms with Crippen LogP contribution in [-0.4, -0.2) is 17.1 Å². The second kappa shape index (κ2) is 6.31. The van der Waals surface area contributed by atoms with Crippen LogP contribution in [0.15, 0.2) is 47.8 Å². The summed E-state index contributed by atoms with van der Waals surface area (Å²) in [6.45, 7) is 0. The average Bonchev–Trinajstić information content (AvgIpc) is 2.42. The fourth-order valence-corrected chi connectivity index (χ4v) is 1.72. The van der Waals surface area contributed by atoms with Crippen LogP contribution in [0, 0.1) is 0 Å². The SMILES string of the molecule is O=C(N/N=C\c1cccnc1)c1cc(Cl)ccc1Cl. The minimum Gasteiger partial charge on any atom is -0.267 e. The molecule has 4 nitrogen and oxygen atoms in total. The van der Waals surface area contributed by atoms with Crippen LogP contribution in [0.2, 0.25) is 10.0 Å². The van der Waals surface area contributed by atoms with Crippen LogP contribution in [0.3, 0.4) is 0 Å². The summed E-state index contributed by atoms with van der Waals surface area (Å²) in [6.07, 6.45) is 4.77. The molecule has 1 heterocycles. The average molecular weight is 294 g/mol. The van der Waals surface area contributed by atoms with Gasteiger partial charge >= 0.3 is 0 Å². The first-order valence-electron chi connectivity index (χ1n) is 5.35. The van der Waals surface area contributed by atoms with Gasteiger partial charge in [0.1, 0.15) is 0 Å². The number of amides is 1. The quantitative estimate of drug-likeness (QED) is 0.698. The molecule has 2 rings (SSSR count). The third-order valence-electron chi connectivity index (χ3n) is 2.24. The summed E-state index contributed by atoms with van der Waals surface area (Å²) in [7, 11) is 0. The minimum absolute atomic E-state index is 0.275. The molecule has 0 aliphatic rings. The molecule has 0 bridgehead atoms. The van der Waals surface area contributed by atoms with E-state index in [1.165, 1.54) is 12.3 Å². The van der Waals surface area contributed by atoms with Gasteiger partial charge in [0, 0.05) is 23.0 Å². The zero-order chi connectivity index (χ0) is 13.7. The van der Waals surface area contributed by atoms with Gasteiger partial charge in [-0.25, -0.2) is 5.43 Å². The number of nitrogens with one attached hydrogen (secondary N) is 1. The Hall–Kier alpha value is -1.91. The van der Waals surface area contributed by atoms with Gasteiger partial charge in [-0.15, -0.1) is 0 Å². The summed E-state index contributed by atoms with van der Waals surface area (Å²) in [6, 6.07) is 8.24. The molecule has 2 aromatic rings. The minimum atomic E-state index is -0.423. The molecule has 0 fully saturated rings. The van der Waals surface area contributed by atoms with E-state index in [2.05, 4.69) is 15.5 Å². The van der Waals surface area contributed by atoms with Gasteiger partial charge in [0.05, 0.1) is 16.8 Å². The van der Waals surface area contributed by atoms with Crippen molar-refractivity contribution >= 4 is 35.3 Å². The number of hydrazone groups is 1. The highest BCUT2D eigenvalue weighted by Crippen LogP contribution is 2.20. The number of pyridine rings is 1. The van der Waals surface area contributed by atoms with Crippen LogP contribution in [0.4, 0.5) is 0 Å². The van der Waals surface area contributed by atoms with Crippen molar-refractivity contribution in [2.75, 3.05) is 0 Å². The number of halogens is 2. The molecule has 0 saturated heterocycles. The molecule has 1 aromatic heterocycles. The molecule has 0 unspecified atom stereocenters. The van der Waals surface area contributed by atoms with E-state index in [9.17, 15) is 4.79 Å². The Bertz CT molecular complexity index is 615. The maximum Gasteiger partial charge on any atom is 0.272 e. The molecular formula is C13H9Cl2N3O. The molecule has 19 heavy (non-hydrogen) atoms. The summed E-state index contributed by atoms with van der Waals surface area (Å²) in [5.74, 6) is -0.423. The highest BCUT2D eigenvalue weighted by atomic mass is 35.5. The molecule has 0 atom stereocenters. The van der Waals surface area contributed by atoms with E-state index in [4.69, 9.17) is 23.2 Å². The molecule has 0 aliphatic carbocycles. The van der Waals surface area contributed by atoms with E-state index in [1.807, 2.05) is 6.07 Å². The summed E-state index contributed by atoms with van der Waals surface area (Å²) in [5.41, 5.74) is 3.43. The van der Waals surface area contributed by atoms with Gasteiger partial charge in [-0.2, -0.15) is 5.10 Å². The Labute approximate surface area is 120 Å². The van der Waals surface area contributed by atoms with Crippen molar-refractivity contribution in [3.63, 3.8) is 0 Å². The normalized spacial score (nSPS) is 10.6. The van der Waals surface area contributed by atoms with Crippen molar-refractivity contribution in [1.82, 2.24) is 10.4 Å². The Balaban J connectivity index is 2.06. The lowest BCUT2D eigenvalue weighted by Crippen LogP contribution is -2.18. The predicted molar refractivity (Wildman–Crippen MR) is 75.8 cm³/mol. The third-order valence-corrected chi connectivity index (χ3v) is 2.80. The van der Waals surface area contributed by atoms with Crippen LogP contribution in [0.25, 0.3) is 0 Å². The van der Waals surface area contributed by atoms with Gasteiger partial charge in [-0.05, 0) is 24.3 Å². The van der Waals surface area contributed by atoms with E-state index in [-0.39, 0.29) is 5.56 Å². The second-order valence-corrected chi connectivity index (χ2v) is 4.45. The standard InChI is InChI=1S/C13H9Cl2N3O/c14-10-3-4-12(15)11(6-10)13(19)18-17-8-9-2-1-5-16-7-9/h1-8H,(H,18,19)/b17-8-. The van der Waals surface area contributed by atoms with Gasteiger partial charge in [-0.3, -0.25) is 9.78 Å². The van der Waals surface area contributed by atoms with E-state index in [0.717, 1.165) is 5.56 Å². The lowest BCUT2D eigenvalue weighted by molar-refractivity contribution is 0.0955. The second-order valence-electron chi connectivity index (χ2n) is 3.61. The molecule has 1 aromatic carbocycles. The number of carbonyl (C=O) groups is 1. The topological polar surface area (TPSA) is 54.4 Å². The van der Waals surface area contributed by atoms with E-state index < -0.39 is 5.91 Å². The summed E-state index contributed by atoms with van der Waals surface area (Å²) in [5, 5.41) is 4.58. The summed E-state index contributed by atoms with van der Waals surface area (Å²) >= 11 is 11.7. The fraction of sp³-hybridized carbons (Fsp3) is 0. The molecule has 0 aliphatic heterocycles. The lowest BCUT2D eigenvalue weighted by Gasteiger charge is -2.02. The first-order chi connectivity index (χ1) is 9.16. The van der Waals surface area contributed by atoms with E-state index >= 15 is 0 Å². The van der Waals surface area contributed by atoms with Gasteiger partial charge in [0.25, 0.3) is 5.91 Å². The monoisotopic (exact) mass is 293 g/mol. The number of hydrogen-bond donors (Lipinski definition) is 1. The molecule has 0 spiro atoms. The van der Waals surface area contributed by atoms with Crippen LogP contribution in [0.1, 0.15) is 15.9 Å². The Morgan fingerprint density at radius 1 is 1.32 bits per heavy atom. The van der Waals surface area contributed by atoms with Gasteiger partial charge in [0.2, 0.25) is 0 Å². The van der Waals surface area contributed by atoms with Gasteiger partial charge in [-0.1, -0.05) is 29.3 Å². The maximum atomic E-state index is 11.8. The van der Waals surface area contributed by atoms with Crippen molar-refractivity contribution in [1.29, 1.82) is 0 Å². The number of hydrogen-bond acceptors (Lipinski definition) is 3. The third kappa shape index (κ3) is 3.77. The van der Waals surface area contributed by atoms with Gasteiger partial charge in [0.15, 0.2) is 0 Å². The zero-order valence-corrected chi connectivity index (χ0v) is 11.2. The van der Waals surface area contributed by atoms with Gasteiger partial charge < -0.3 is 0 Å². The molecular weight excluding hydrogens is 285 g/mol. The highest BCUT2D eigenvalue weighted by Gasteiger charge is 2.09. The number of aromatic nitrogens is 1. The van der Waals surface area contributed by atoms with Crippen molar-refractivity contribution in [2.45, 2.75) is 0 Å². The summed E-state index contributed by atoms with van der Waals surface area (Å²) < 4.78 is 0. The molecule has 0 radical (unpaired) electrons. The van der Waals surface area contributed by atoms with E-state index in [0.29, 0.717) is 10.0 Å². The van der Waals surface area contributed by atoms with Crippen LogP contribution in [-0.2, 0) is 0 Å². The van der Waals surface area contributed by atoms with Crippen molar-refractivity contribution in [3.05, 3.63) is 63.9 Å². The highest BCUT2D eigenvalue weighted by molar-refractivity contribution is 6.35. The van der Waals surface area contributed by atoms with Crippen molar-refractivity contribution in [3.8, 4) is 0 Å². The first kappa shape index (κ1) is 13.5. The number of benzene rings is 1. The van der Waals surface area contributed by atoms with Crippen LogP contribution in [0.5, 0.6) is 0 Å². The number of rotatable bonds is 3. The van der Waals surface area contributed by atoms with Crippen LogP contribution < -0.4 is 5.43 Å². The fourth-order valence-electron chi connectivity index (χ4n) is 1.35. The maximum absolute atomic E-state index is 11.8.